The van der Waals surface area contributed by atoms with Gasteiger partial charge in [-0.2, -0.15) is 0 Å². The third-order valence-electron chi connectivity index (χ3n) is 5.19. The fourth-order valence-corrected chi connectivity index (χ4v) is 3.75. The van der Waals surface area contributed by atoms with Gasteiger partial charge in [0, 0.05) is 13.3 Å². The normalized spacial score (nSPS) is 15.8. The summed E-state index contributed by atoms with van der Waals surface area (Å²) >= 11 is 0. The smallest absolute Gasteiger partial charge is 0.462 e. The maximum absolute atomic E-state index is 12.1. The van der Waals surface area contributed by atoms with Crippen LogP contribution in [0.25, 0.3) is 0 Å². The topological polar surface area (TPSA) is 129 Å². The first kappa shape index (κ1) is 38.7. The Labute approximate surface area is 246 Å². The number of unbranched alkanes of at least 4 members (excludes halogenated alkanes) is 1. The third kappa shape index (κ3) is 27.6. The fraction of sp³-hybridized carbons (Fsp3) is 0.600. The van der Waals surface area contributed by atoms with Gasteiger partial charge in [-0.1, -0.05) is 67.7 Å². The second-order valence-corrected chi connectivity index (χ2v) is 11.8. The van der Waals surface area contributed by atoms with Crippen LogP contribution in [0.4, 0.5) is 0 Å². The quantitative estimate of drug-likeness (QED) is 0.0406. The molecule has 0 bridgehead atoms. The second-order valence-electron chi connectivity index (χ2n) is 10.3. The van der Waals surface area contributed by atoms with E-state index in [1.165, 1.54) is 6.92 Å². The van der Waals surface area contributed by atoms with Crippen molar-refractivity contribution < 1.29 is 47.2 Å². The number of allylic oxidation sites excluding steroid dienone is 8. The van der Waals surface area contributed by atoms with Crippen LogP contribution in [0.1, 0.15) is 58.8 Å². The van der Waals surface area contributed by atoms with Gasteiger partial charge in [0.05, 0.1) is 33.9 Å². The standard InChI is InChI=1S/C30H50NO9P/c1-6-7-8-9-14-17-20-28(33)21-18-15-12-10-11-13-16-19-22-30(34)37-25-29(40-27(2)32)26-39-41(35,36)38-24-23-31(3,4)5/h7-8,11-15,17-18,21,28-29,33H,6,9-10,16,19-20,22-26H2,1-5H3/p+1/b8-7-,13-11-,15-12-,17-14-,21-18+/t28?,29-/m1/s1. The molecule has 11 heteroatoms. The number of phosphoric ester groups is 1. The molecule has 0 heterocycles. The van der Waals surface area contributed by atoms with E-state index >= 15 is 0 Å². The van der Waals surface area contributed by atoms with Crippen LogP contribution in [-0.2, 0) is 32.7 Å². The third-order valence-corrected chi connectivity index (χ3v) is 6.18. The molecule has 0 spiro atoms. The number of carbonyl (C=O) groups excluding carboxylic acids is 2. The largest absolute Gasteiger partial charge is 0.472 e. The number of ether oxygens (including phenoxy) is 2. The molecule has 0 aromatic rings. The molecule has 0 aromatic carbocycles. The van der Waals surface area contributed by atoms with E-state index in [2.05, 4.69) is 19.1 Å². The molecule has 0 saturated carbocycles. The predicted molar refractivity (Wildman–Crippen MR) is 161 cm³/mol. The summed E-state index contributed by atoms with van der Waals surface area (Å²) in [5, 5.41) is 9.92. The first-order chi connectivity index (χ1) is 19.3. The maximum Gasteiger partial charge on any atom is 0.472 e. The molecule has 0 saturated heterocycles. The summed E-state index contributed by atoms with van der Waals surface area (Å²) in [6.07, 6.45) is 22.7. The van der Waals surface area contributed by atoms with Gasteiger partial charge < -0.3 is 24.0 Å². The second kappa shape index (κ2) is 23.3. The summed E-state index contributed by atoms with van der Waals surface area (Å²) in [5.74, 6) is -1.11. The van der Waals surface area contributed by atoms with Crippen LogP contribution in [-0.4, -0.2) is 86.1 Å². The van der Waals surface area contributed by atoms with Gasteiger partial charge in [0.25, 0.3) is 0 Å². The number of phosphoric acid groups is 1. The lowest BCUT2D eigenvalue weighted by molar-refractivity contribution is -0.870. The van der Waals surface area contributed by atoms with Crippen LogP contribution in [0.2, 0.25) is 0 Å². The number of quaternary nitrogens is 1. The van der Waals surface area contributed by atoms with Crippen molar-refractivity contribution >= 4 is 19.8 Å². The predicted octanol–water partition coefficient (Wildman–Crippen LogP) is 5.19. The molecule has 0 radical (unpaired) electrons. The van der Waals surface area contributed by atoms with Crippen molar-refractivity contribution in [1.29, 1.82) is 0 Å². The molecule has 0 aliphatic carbocycles. The summed E-state index contributed by atoms with van der Waals surface area (Å²) in [6.45, 7) is 3.02. The summed E-state index contributed by atoms with van der Waals surface area (Å²) in [7, 11) is 1.38. The van der Waals surface area contributed by atoms with Crippen LogP contribution >= 0.6 is 7.82 Å². The minimum absolute atomic E-state index is 0.00617. The highest BCUT2D eigenvalue weighted by Gasteiger charge is 2.26. The average molecular weight is 601 g/mol. The molecule has 3 atom stereocenters. The number of aliphatic hydroxyl groups is 1. The molecular weight excluding hydrogens is 549 g/mol. The van der Waals surface area contributed by atoms with Gasteiger partial charge in [-0.05, 0) is 38.5 Å². The van der Waals surface area contributed by atoms with Gasteiger partial charge in [-0.3, -0.25) is 18.6 Å². The molecule has 2 unspecified atom stereocenters. The summed E-state index contributed by atoms with van der Waals surface area (Å²) in [4.78, 5) is 33.2. The van der Waals surface area contributed by atoms with Gasteiger partial charge in [0.1, 0.15) is 19.8 Å². The van der Waals surface area contributed by atoms with Crippen molar-refractivity contribution in [2.75, 3.05) is 47.5 Å². The van der Waals surface area contributed by atoms with E-state index in [9.17, 15) is 24.2 Å². The van der Waals surface area contributed by atoms with E-state index in [4.69, 9.17) is 18.5 Å². The molecule has 2 N–H and O–H groups in total. The highest BCUT2D eigenvalue weighted by molar-refractivity contribution is 7.47. The lowest BCUT2D eigenvalue weighted by Gasteiger charge is -2.24. The van der Waals surface area contributed by atoms with Crippen LogP contribution in [0.5, 0.6) is 0 Å². The summed E-state index contributed by atoms with van der Waals surface area (Å²) in [6, 6.07) is 0. The molecule has 0 amide bonds. The van der Waals surface area contributed by atoms with E-state index in [1.807, 2.05) is 63.7 Å². The highest BCUT2D eigenvalue weighted by Crippen LogP contribution is 2.43. The van der Waals surface area contributed by atoms with Gasteiger partial charge in [0.15, 0.2) is 6.10 Å². The van der Waals surface area contributed by atoms with Crippen molar-refractivity contribution in [2.24, 2.45) is 0 Å². The molecule has 0 rings (SSSR count). The average Bonchev–Trinajstić information content (AvgIpc) is 2.87. The monoisotopic (exact) mass is 600 g/mol. The molecule has 0 fully saturated rings. The van der Waals surface area contributed by atoms with Crippen molar-refractivity contribution in [1.82, 2.24) is 0 Å². The van der Waals surface area contributed by atoms with Crippen molar-refractivity contribution in [3.63, 3.8) is 0 Å². The highest BCUT2D eigenvalue weighted by atomic mass is 31.2. The lowest BCUT2D eigenvalue weighted by Crippen LogP contribution is -2.37. The Bertz CT molecular complexity index is 919. The number of esters is 2. The van der Waals surface area contributed by atoms with Gasteiger partial charge in [-0.15, -0.1) is 0 Å². The maximum atomic E-state index is 12.1. The van der Waals surface area contributed by atoms with Crippen molar-refractivity contribution in [3.05, 3.63) is 60.8 Å². The Balaban J connectivity index is 4.19. The molecule has 234 valence electrons. The molecule has 0 aliphatic rings. The van der Waals surface area contributed by atoms with Crippen LogP contribution in [0, 0.1) is 0 Å². The lowest BCUT2D eigenvalue weighted by atomic mass is 10.2. The Morgan fingerprint density at radius 2 is 1.61 bits per heavy atom. The summed E-state index contributed by atoms with van der Waals surface area (Å²) in [5.41, 5.74) is 0. The number of rotatable bonds is 23. The van der Waals surface area contributed by atoms with Crippen LogP contribution in [0.15, 0.2) is 60.8 Å². The minimum Gasteiger partial charge on any atom is -0.462 e. The molecule has 10 nitrogen and oxygen atoms in total. The van der Waals surface area contributed by atoms with E-state index in [-0.39, 0.29) is 19.6 Å². The van der Waals surface area contributed by atoms with Gasteiger partial charge >= 0.3 is 19.8 Å². The number of hydrogen-bond donors (Lipinski definition) is 2. The number of nitrogens with zero attached hydrogens (tertiary/aromatic N) is 1. The van der Waals surface area contributed by atoms with E-state index in [0.29, 0.717) is 30.3 Å². The number of hydrogen-bond acceptors (Lipinski definition) is 8. The number of aliphatic hydroxyl groups excluding tert-OH is 1. The van der Waals surface area contributed by atoms with Crippen LogP contribution < -0.4 is 0 Å². The van der Waals surface area contributed by atoms with E-state index < -0.39 is 38.6 Å². The Morgan fingerprint density at radius 3 is 2.29 bits per heavy atom. The van der Waals surface area contributed by atoms with Gasteiger partial charge in [0.2, 0.25) is 0 Å². The Kier molecular flexibility index (Phi) is 21.9. The molecule has 41 heavy (non-hydrogen) atoms. The molecule has 0 aliphatic heterocycles. The fourth-order valence-electron chi connectivity index (χ4n) is 3.01. The zero-order valence-corrected chi connectivity index (χ0v) is 26.2. The first-order valence-corrected chi connectivity index (χ1v) is 15.6. The van der Waals surface area contributed by atoms with E-state index in [0.717, 1.165) is 19.3 Å². The van der Waals surface area contributed by atoms with Crippen molar-refractivity contribution in [3.8, 4) is 0 Å². The van der Waals surface area contributed by atoms with Gasteiger partial charge in [-0.25, -0.2) is 4.57 Å². The zero-order chi connectivity index (χ0) is 31.0. The van der Waals surface area contributed by atoms with Crippen molar-refractivity contribution in [2.45, 2.75) is 71.0 Å². The molecular formula is C30H51NO9P+. The van der Waals surface area contributed by atoms with Crippen LogP contribution in [0.3, 0.4) is 0 Å². The Morgan fingerprint density at radius 1 is 0.927 bits per heavy atom. The SMILES string of the molecule is CC/C=C\C/C=C\CC(O)/C=C/C=C\C/C=C\CCCC(=O)OC[C@H](COP(=O)(O)OCC[N+](C)(C)C)OC(C)=O. The first-order valence-electron chi connectivity index (χ1n) is 14.1. The molecule has 0 aromatic heterocycles. The zero-order valence-electron chi connectivity index (χ0n) is 25.4. The minimum atomic E-state index is -4.35. The Hall–Kier alpha value is -2.33. The number of likely N-dealkylation sites (N-methyl/N-ethyl adjacent to an activating group) is 1. The summed E-state index contributed by atoms with van der Waals surface area (Å²) < 4.78 is 32.6. The number of carbonyl (C=O) groups is 2. The van der Waals surface area contributed by atoms with E-state index in [1.54, 1.807) is 6.08 Å².